The van der Waals surface area contributed by atoms with Gasteiger partial charge in [0.25, 0.3) is 0 Å². The lowest BCUT2D eigenvalue weighted by atomic mass is 9.85. The summed E-state index contributed by atoms with van der Waals surface area (Å²) in [5.74, 6) is 0.738. The molecule has 0 bridgehead atoms. The molecule has 1 aromatic carbocycles. The zero-order valence-corrected chi connectivity index (χ0v) is 12.4. The number of nitrogens with zero attached hydrogens (tertiary/aromatic N) is 1. The monoisotopic (exact) mass is 276 g/mol. The van der Waals surface area contributed by atoms with Crippen LogP contribution in [0.25, 0.3) is 0 Å². The summed E-state index contributed by atoms with van der Waals surface area (Å²) in [5.41, 5.74) is 2.36. The van der Waals surface area contributed by atoms with E-state index in [9.17, 15) is 4.39 Å². The quantitative estimate of drug-likeness (QED) is 0.902. The summed E-state index contributed by atoms with van der Waals surface area (Å²) in [7, 11) is 0. The molecule has 1 aliphatic carbocycles. The van der Waals surface area contributed by atoms with Crippen LogP contribution in [0.1, 0.15) is 44.6 Å². The van der Waals surface area contributed by atoms with Crippen LogP contribution in [-0.2, 0) is 6.54 Å². The highest BCUT2D eigenvalue weighted by Crippen LogP contribution is 2.39. The van der Waals surface area contributed by atoms with Gasteiger partial charge in [0, 0.05) is 24.8 Å². The van der Waals surface area contributed by atoms with Gasteiger partial charge in [0.15, 0.2) is 0 Å². The fourth-order valence-electron chi connectivity index (χ4n) is 3.94. The van der Waals surface area contributed by atoms with Gasteiger partial charge in [-0.05, 0) is 55.5 Å². The van der Waals surface area contributed by atoms with Gasteiger partial charge < -0.3 is 10.2 Å². The Morgan fingerprint density at radius 1 is 1.25 bits per heavy atom. The number of rotatable bonds is 4. The highest BCUT2D eigenvalue weighted by molar-refractivity contribution is 5.55. The van der Waals surface area contributed by atoms with Gasteiger partial charge in [-0.1, -0.05) is 19.8 Å². The Kier molecular flexibility index (Phi) is 4.25. The molecule has 1 N–H and O–H groups in total. The number of hydrogen-bond acceptors (Lipinski definition) is 2. The maximum absolute atomic E-state index is 13.5. The molecule has 0 aromatic heterocycles. The molecule has 0 amide bonds. The average molecular weight is 276 g/mol. The molecule has 110 valence electrons. The van der Waals surface area contributed by atoms with Gasteiger partial charge in [-0.2, -0.15) is 0 Å². The van der Waals surface area contributed by atoms with Crippen molar-refractivity contribution >= 4 is 5.69 Å². The Bertz CT molecular complexity index is 460. The Balaban J connectivity index is 1.85. The topological polar surface area (TPSA) is 15.3 Å². The highest BCUT2D eigenvalue weighted by Gasteiger charge is 2.36. The maximum atomic E-state index is 13.5. The Morgan fingerprint density at radius 2 is 2.10 bits per heavy atom. The van der Waals surface area contributed by atoms with E-state index in [1.165, 1.54) is 37.8 Å². The normalized spacial score (nSPS) is 25.8. The second-order valence-corrected chi connectivity index (χ2v) is 6.15. The first-order chi connectivity index (χ1) is 9.79. The second kappa shape index (κ2) is 6.13. The SMILES string of the molecule is CCNCc1cc(F)ccc1N1CCC2CCCCC21. The van der Waals surface area contributed by atoms with E-state index >= 15 is 0 Å². The largest absolute Gasteiger partial charge is 0.368 e. The van der Waals surface area contributed by atoms with Crippen LogP contribution >= 0.6 is 0 Å². The summed E-state index contributed by atoms with van der Waals surface area (Å²) in [6, 6.07) is 5.99. The molecule has 2 fully saturated rings. The number of fused-ring (bicyclic) bond motifs is 1. The average Bonchev–Trinajstić information content (AvgIpc) is 2.89. The van der Waals surface area contributed by atoms with Crippen molar-refractivity contribution in [2.24, 2.45) is 5.92 Å². The Hall–Kier alpha value is -1.09. The molecule has 1 saturated heterocycles. The van der Waals surface area contributed by atoms with Crippen LogP contribution < -0.4 is 10.2 Å². The van der Waals surface area contributed by atoms with Gasteiger partial charge in [-0.15, -0.1) is 0 Å². The van der Waals surface area contributed by atoms with Crippen molar-refractivity contribution in [3.05, 3.63) is 29.6 Å². The fraction of sp³-hybridized carbons (Fsp3) is 0.647. The molecule has 1 heterocycles. The number of anilines is 1. The first kappa shape index (κ1) is 13.9. The minimum absolute atomic E-state index is 0.124. The number of nitrogens with one attached hydrogen (secondary N) is 1. The molecule has 3 heteroatoms. The predicted octanol–water partition coefficient (Wildman–Crippen LogP) is 3.70. The summed E-state index contributed by atoms with van der Waals surface area (Å²) in [6.07, 6.45) is 6.74. The highest BCUT2D eigenvalue weighted by atomic mass is 19.1. The lowest BCUT2D eigenvalue weighted by Gasteiger charge is -2.34. The number of halogens is 1. The van der Waals surface area contributed by atoms with Crippen molar-refractivity contribution in [2.75, 3.05) is 18.0 Å². The van der Waals surface area contributed by atoms with E-state index < -0.39 is 0 Å². The van der Waals surface area contributed by atoms with Crippen molar-refractivity contribution in [1.82, 2.24) is 5.32 Å². The fourth-order valence-corrected chi connectivity index (χ4v) is 3.94. The molecule has 2 nitrogen and oxygen atoms in total. The molecule has 0 radical (unpaired) electrons. The van der Waals surface area contributed by atoms with Crippen LogP contribution in [0.2, 0.25) is 0 Å². The summed E-state index contributed by atoms with van der Waals surface area (Å²) >= 11 is 0. The van der Waals surface area contributed by atoms with Gasteiger partial charge >= 0.3 is 0 Å². The minimum atomic E-state index is -0.124. The first-order valence-electron chi connectivity index (χ1n) is 8.05. The van der Waals surface area contributed by atoms with Crippen molar-refractivity contribution in [1.29, 1.82) is 0 Å². The zero-order valence-electron chi connectivity index (χ0n) is 12.4. The molecule has 3 rings (SSSR count). The Morgan fingerprint density at radius 3 is 2.95 bits per heavy atom. The molecule has 2 aliphatic rings. The predicted molar refractivity (Wildman–Crippen MR) is 81.5 cm³/mol. The summed E-state index contributed by atoms with van der Waals surface area (Å²) in [6.45, 7) is 4.91. The van der Waals surface area contributed by atoms with Crippen molar-refractivity contribution in [3.63, 3.8) is 0 Å². The second-order valence-electron chi connectivity index (χ2n) is 6.15. The van der Waals surface area contributed by atoms with Gasteiger partial charge in [0.2, 0.25) is 0 Å². The third-order valence-corrected chi connectivity index (χ3v) is 4.93. The standard InChI is InChI=1S/C17H25FN2/c1-2-19-12-14-11-15(18)7-8-17(14)20-10-9-13-5-3-4-6-16(13)20/h7-8,11,13,16,19H,2-6,9-10,12H2,1H3. The van der Waals surface area contributed by atoms with Crippen LogP contribution in [0, 0.1) is 11.7 Å². The molecule has 1 aromatic rings. The smallest absolute Gasteiger partial charge is 0.123 e. The van der Waals surface area contributed by atoms with Gasteiger partial charge in [-0.3, -0.25) is 0 Å². The van der Waals surface area contributed by atoms with E-state index in [2.05, 4.69) is 17.1 Å². The van der Waals surface area contributed by atoms with Crippen molar-refractivity contribution in [3.8, 4) is 0 Å². The minimum Gasteiger partial charge on any atom is -0.368 e. The molecular formula is C17H25FN2. The van der Waals surface area contributed by atoms with E-state index in [-0.39, 0.29) is 5.82 Å². The molecular weight excluding hydrogens is 251 g/mol. The molecule has 0 spiro atoms. The number of hydrogen-bond donors (Lipinski definition) is 1. The third kappa shape index (κ3) is 2.69. The van der Waals surface area contributed by atoms with E-state index in [0.29, 0.717) is 6.04 Å². The van der Waals surface area contributed by atoms with E-state index in [4.69, 9.17) is 0 Å². The van der Waals surface area contributed by atoms with Crippen molar-refractivity contribution in [2.45, 2.75) is 51.6 Å². The van der Waals surface area contributed by atoms with E-state index in [1.807, 2.05) is 6.07 Å². The summed E-state index contributed by atoms with van der Waals surface area (Å²) in [4.78, 5) is 2.55. The molecule has 2 atom stereocenters. The first-order valence-corrected chi connectivity index (χ1v) is 8.05. The maximum Gasteiger partial charge on any atom is 0.123 e. The molecule has 1 saturated carbocycles. The zero-order chi connectivity index (χ0) is 13.9. The van der Waals surface area contributed by atoms with Gasteiger partial charge in [0.05, 0.1) is 0 Å². The number of benzene rings is 1. The van der Waals surface area contributed by atoms with E-state index in [0.717, 1.165) is 31.1 Å². The van der Waals surface area contributed by atoms with Crippen LogP contribution in [-0.4, -0.2) is 19.1 Å². The summed E-state index contributed by atoms with van der Waals surface area (Å²) < 4.78 is 13.5. The summed E-state index contributed by atoms with van der Waals surface area (Å²) in [5, 5.41) is 3.33. The third-order valence-electron chi connectivity index (χ3n) is 4.93. The van der Waals surface area contributed by atoms with Gasteiger partial charge in [-0.25, -0.2) is 4.39 Å². The van der Waals surface area contributed by atoms with Crippen LogP contribution in [0.15, 0.2) is 18.2 Å². The lowest BCUT2D eigenvalue weighted by Crippen LogP contribution is -2.35. The molecule has 1 aliphatic heterocycles. The van der Waals surface area contributed by atoms with Crippen LogP contribution in [0.5, 0.6) is 0 Å². The van der Waals surface area contributed by atoms with Crippen LogP contribution in [0.3, 0.4) is 0 Å². The van der Waals surface area contributed by atoms with Crippen molar-refractivity contribution < 1.29 is 4.39 Å². The Labute approximate surface area is 121 Å². The van der Waals surface area contributed by atoms with Gasteiger partial charge in [0.1, 0.15) is 5.82 Å². The lowest BCUT2D eigenvalue weighted by molar-refractivity contribution is 0.342. The molecule has 2 unspecified atom stereocenters. The van der Waals surface area contributed by atoms with E-state index in [1.54, 1.807) is 12.1 Å². The van der Waals surface area contributed by atoms with Crippen LogP contribution in [0.4, 0.5) is 10.1 Å². The molecule has 20 heavy (non-hydrogen) atoms.